The van der Waals surface area contributed by atoms with E-state index in [0.717, 1.165) is 30.5 Å². The Kier molecular flexibility index (Phi) is 5.50. The van der Waals surface area contributed by atoms with Gasteiger partial charge in [-0.25, -0.2) is 13.3 Å². The molecule has 1 aromatic carbocycles. The quantitative estimate of drug-likeness (QED) is 0.672. The van der Waals surface area contributed by atoms with Crippen LogP contribution in [-0.2, 0) is 19.2 Å². The largest absolute Gasteiger partial charge is 0.435 e. The summed E-state index contributed by atoms with van der Waals surface area (Å²) in [5, 5.41) is 10.2. The van der Waals surface area contributed by atoms with Gasteiger partial charge in [-0.3, -0.25) is 0 Å². The zero-order chi connectivity index (χ0) is 21.8. The third-order valence-corrected chi connectivity index (χ3v) is 10.5. The first-order valence-electron chi connectivity index (χ1n) is 11.1. The molecule has 2 saturated heterocycles. The van der Waals surface area contributed by atoms with E-state index in [9.17, 15) is 14.1 Å². The van der Waals surface area contributed by atoms with Crippen LogP contribution in [0.3, 0.4) is 0 Å². The second-order valence-corrected chi connectivity index (χ2v) is 11.7. The first-order chi connectivity index (χ1) is 15.0. The highest BCUT2D eigenvalue weighted by Crippen LogP contribution is 2.54. The van der Waals surface area contributed by atoms with Crippen molar-refractivity contribution in [2.75, 3.05) is 26.4 Å². The van der Waals surface area contributed by atoms with E-state index >= 15 is 0 Å². The van der Waals surface area contributed by atoms with Crippen LogP contribution in [0, 0.1) is 0 Å². The van der Waals surface area contributed by atoms with Gasteiger partial charge in [0.2, 0.25) is 0 Å². The number of carbonyl (C=O) groups excluding carboxylic acids is 1. The van der Waals surface area contributed by atoms with Crippen molar-refractivity contribution in [2.45, 2.75) is 67.6 Å². The number of benzene rings is 1. The van der Waals surface area contributed by atoms with Crippen molar-refractivity contribution in [1.82, 2.24) is 9.21 Å². The third kappa shape index (κ3) is 3.22. The van der Waals surface area contributed by atoms with Gasteiger partial charge in [0.1, 0.15) is 0 Å². The highest BCUT2D eigenvalue weighted by atomic mass is 35.5. The van der Waals surface area contributed by atoms with Crippen LogP contribution in [0.15, 0.2) is 29.2 Å². The minimum Gasteiger partial charge on any atom is -0.435 e. The lowest BCUT2D eigenvalue weighted by Gasteiger charge is -2.43. The predicted molar refractivity (Wildman–Crippen MR) is 119 cm³/mol. The zero-order valence-electron chi connectivity index (χ0n) is 17.7. The fourth-order valence-corrected chi connectivity index (χ4v) is 9.12. The van der Waals surface area contributed by atoms with Gasteiger partial charge in [-0.2, -0.15) is 0 Å². The molecule has 0 spiro atoms. The van der Waals surface area contributed by atoms with Gasteiger partial charge in [-0.15, -0.1) is 0 Å². The molecule has 9 heteroatoms. The van der Waals surface area contributed by atoms with Crippen molar-refractivity contribution in [2.24, 2.45) is 0 Å². The molecule has 0 bridgehead atoms. The van der Waals surface area contributed by atoms with Crippen LogP contribution in [0.25, 0.3) is 0 Å². The van der Waals surface area contributed by atoms with Crippen LogP contribution in [0.2, 0.25) is 5.02 Å². The second-order valence-electron chi connectivity index (χ2n) is 8.86. The van der Waals surface area contributed by atoms with Crippen molar-refractivity contribution in [3.8, 4) is 0 Å². The Morgan fingerprint density at radius 2 is 2.10 bits per heavy atom. The standard InChI is InChI=1S/C22H29ClN2O5S/c1-2-4-17-13-29-14-19-22(30-21(27)24-10-3-5-16(24)12-26)11-20(22)31(28,25(17)19)18-8-6-15(23)7-9-18/h6-9,16-17,19,26H,2-5,10-14H2,1H3/t16-,17+,19+,22?,31?/m0/s1. The number of hydrogen-bond donors (Lipinski definition) is 1. The molecule has 7 nitrogen and oxygen atoms in total. The minimum absolute atomic E-state index is 0.000202. The van der Waals surface area contributed by atoms with Crippen molar-refractivity contribution in [3.05, 3.63) is 29.3 Å². The zero-order valence-corrected chi connectivity index (χ0v) is 19.2. The number of nitrogens with zero attached hydrogens (tertiary/aromatic N) is 2. The number of rotatable bonds is 5. The van der Waals surface area contributed by atoms with E-state index in [2.05, 4.69) is 11.2 Å². The Balaban J connectivity index is 1.55. The topological polar surface area (TPSA) is 79.3 Å². The van der Waals surface area contributed by atoms with E-state index in [1.165, 1.54) is 0 Å². The van der Waals surface area contributed by atoms with Crippen molar-refractivity contribution >= 4 is 32.3 Å². The number of halogens is 1. The molecule has 1 amide bonds. The summed E-state index contributed by atoms with van der Waals surface area (Å²) in [5.74, 6) is 0. The Labute approximate surface area is 188 Å². The fraction of sp³-hybridized carbons (Fsp3) is 0.636. The highest BCUT2D eigenvalue weighted by molar-refractivity contribution is 8.01. The van der Waals surface area contributed by atoms with Crippen LogP contribution < -0.4 is 0 Å². The van der Waals surface area contributed by atoms with Gasteiger partial charge >= 0.3 is 6.09 Å². The summed E-state index contributed by atoms with van der Waals surface area (Å²) in [6.45, 7) is 3.51. The summed E-state index contributed by atoms with van der Waals surface area (Å²) >= 11 is 6.09. The highest BCUT2D eigenvalue weighted by Gasteiger charge is 2.72. The first-order valence-corrected chi connectivity index (χ1v) is 13.0. The molecule has 3 aliphatic heterocycles. The summed E-state index contributed by atoms with van der Waals surface area (Å²) in [6, 6.07) is 6.70. The number of amides is 1. The van der Waals surface area contributed by atoms with Crippen LogP contribution in [0.1, 0.15) is 39.0 Å². The molecule has 2 unspecified atom stereocenters. The lowest BCUT2D eigenvalue weighted by atomic mass is 10.0. The third-order valence-electron chi connectivity index (χ3n) is 7.04. The van der Waals surface area contributed by atoms with Crippen molar-refractivity contribution in [3.63, 3.8) is 0 Å². The molecular weight excluding hydrogens is 440 g/mol. The monoisotopic (exact) mass is 468 g/mol. The SMILES string of the molecule is CCC[C@@H]1COC[C@H]2N1S(=O)(c1ccc(Cl)cc1)=C1CC12OC(=O)N1CCC[C@H]1CO. The van der Waals surface area contributed by atoms with Gasteiger partial charge in [-0.1, -0.05) is 24.9 Å². The molecule has 1 N–H and O–H groups in total. The molecule has 1 saturated carbocycles. The van der Waals surface area contributed by atoms with Gasteiger partial charge in [-0.05, 0) is 43.5 Å². The Morgan fingerprint density at radius 1 is 1.32 bits per heavy atom. The Bertz CT molecular complexity index is 990. The Morgan fingerprint density at radius 3 is 2.81 bits per heavy atom. The van der Waals surface area contributed by atoms with Crippen LogP contribution in [0.5, 0.6) is 0 Å². The van der Waals surface area contributed by atoms with Gasteiger partial charge in [0, 0.05) is 28.9 Å². The molecule has 170 valence electrons. The van der Waals surface area contributed by atoms with E-state index in [-0.39, 0.29) is 24.7 Å². The van der Waals surface area contributed by atoms with Crippen LogP contribution >= 0.6 is 11.6 Å². The molecule has 0 aromatic heterocycles. The van der Waals surface area contributed by atoms with E-state index in [4.69, 9.17) is 21.1 Å². The Hall–Kier alpha value is -1.32. The molecule has 3 heterocycles. The molecule has 1 aromatic rings. The van der Waals surface area contributed by atoms with E-state index in [0.29, 0.717) is 36.1 Å². The molecule has 5 atom stereocenters. The normalized spacial score (nSPS) is 36.9. The minimum atomic E-state index is -2.71. The van der Waals surface area contributed by atoms with E-state index < -0.39 is 21.4 Å². The van der Waals surface area contributed by atoms with Crippen LogP contribution in [-0.4, -0.2) is 79.6 Å². The van der Waals surface area contributed by atoms with Gasteiger partial charge < -0.3 is 19.5 Å². The molecule has 3 fully saturated rings. The van der Waals surface area contributed by atoms with Gasteiger partial charge in [0.05, 0.1) is 46.5 Å². The molecule has 5 rings (SSSR count). The number of carbonyl (C=O) groups is 1. The smallest absolute Gasteiger partial charge is 0.411 e. The number of likely N-dealkylation sites (tertiary alicyclic amines) is 1. The maximum absolute atomic E-state index is 14.7. The summed E-state index contributed by atoms with van der Waals surface area (Å²) < 4.78 is 28.8. The van der Waals surface area contributed by atoms with Gasteiger partial charge in [0.25, 0.3) is 0 Å². The van der Waals surface area contributed by atoms with Gasteiger partial charge in [0.15, 0.2) is 5.60 Å². The molecule has 0 radical (unpaired) electrons. The summed E-state index contributed by atoms with van der Waals surface area (Å²) in [5.41, 5.74) is -0.886. The van der Waals surface area contributed by atoms with Crippen LogP contribution in [0.4, 0.5) is 4.79 Å². The van der Waals surface area contributed by atoms with E-state index in [1.54, 1.807) is 17.0 Å². The molecular formula is C22H29ClN2O5S. The summed E-state index contributed by atoms with van der Waals surface area (Å²) in [7, 11) is -2.71. The fourth-order valence-electron chi connectivity index (χ4n) is 5.47. The van der Waals surface area contributed by atoms with E-state index in [1.807, 2.05) is 12.1 Å². The summed E-state index contributed by atoms with van der Waals surface area (Å²) in [6.07, 6.45) is 3.49. The average molecular weight is 469 g/mol. The molecule has 4 aliphatic rings. The first kappa shape index (κ1) is 21.5. The average Bonchev–Trinajstić information content (AvgIpc) is 3.21. The maximum atomic E-state index is 14.7. The second kappa shape index (κ2) is 7.92. The number of hydrogen-bond acceptors (Lipinski definition) is 5. The molecule has 1 aliphatic carbocycles. The van der Waals surface area contributed by atoms with Crippen molar-refractivity contribution in [1.29, 1.82) is 0 Å². The summed E-state index contributed by atoms with van der Waals surface area (Å²) in [4.78, 5) is 16.2. The molecule has 31 heavy (non-hydrogen) atoms. The lowest BCUT2D eigenvalue weighted by Crippen LogP contribution is -2.58. The maximum Gasteiger partial charge on any atom is 0.411 e. The van der Waals surface area contributed by atoms with Crippen molar-refractivity contribution < 1.29 is 23.6 Å². The predicted octanol–water partition coefficient (Wildman–Crippen LogP) is 2.69. The number of ether oxygens (including phenoxy) is 2. The number of morpholine rings is 1. The number of fused-ring (bicyclic) bond motifs is 3. The number of aliphatic hydroxyl groups is 1. The lowest BCUT2D eigenvalue weighted by molar-refractivity contribution is -0.0606. The number of aliphatic hydroxyl groups excluding tert-OH is 1.